The Hall–Kier alpha value is -0.0100. The van der Waals surface area contributed by atoms with E-state index in [1.165, 1.54) is 0 Å². The molecule has 0 aromatic carbocycles. The maximum atomic E-state index is 9.73. The third kappa shape index (κ3) is 7.99. The van der Waals surface area contributed by atoms with Gasteiger partial charge in [-0.15, -0.1) is 0 Å². The Morgan fingerprint density at radius 1 is 1.40 bits per heavy atom. The van der Waals surface area contributed by atoms with E-state index in [0.29, 0.717) is 13.2 Å². The summed E-state index contributed by atoms with van der Waals surface area (Å²) in [7, 11) is 0. The van der Waals surface area contributed by atoms with E-state index in [9.17, 15) is 8.76 Å². The number of nitrogens with two attached hydrogens (primary N) is 1. The van der Waals surface area contributed by atoms with Crippen molar-refractivity contribution in [2.75, 3.05) is 26.4 Å². The van der Waals surface area contributed by atoms with E-state index >= 15 is 0 Å². The van der Waals surface area contributed by atoms with Crippen LogP contribution in [0.25, 0.3) is 0 Å². The summed E-state index contributed by atoms with van der Waals surface area (Å²) in [5.41, 5.74) is 5.08. The van der Waals surface area contributed by atoms with E-state index in [1.807, 2.05) is 0 Å². The summed E-state index contributed by atoms with van der Waals surface area (Å²) < 4.78 is 28.4. The topological polar surface area (TPSA) is 84.6 Å². The standard InChI is InChI=1S/C4H11NO4S/c5-1-2-8-3-4-9-10(6)7/h1-5H2,(H,6,7)/p-1. The average molecular weight is 168 g/mol. The molecule has 0 spiro atoms. The largest absolute Gasteiger partial charge is 0.750 e. The van der Waals surface area contributed by atoms with E-state index in [4.69, 9.17) is 10.5 Å². The Morgan fingerprint density at radius 2 is 2.10 bits per heavy atom. The molecule has 0 bridgehead atoms. The molecular weight excluding hydrogens is 158 g/mol. The van der Waals surface area contributed by atoms with Crippen molar-refractivity contribution in [3.05, 3.63) is 0 Å². The lowest BCUT2D eigenvalue weighted by Gasteiger charge is -2.05. The summed E-state index contributed by atoms with van der Waals surface area (Å²) in [5, 5.41) is 0. The molecule has 0 aliphatic rings. The van der Waals surface area contributed by atoms with Crippen LogP contribution < -0.4 is 5.73 Å². The van der Waals surface area contributed by atoms with Gasteiger partial charge in [0.2, 0.25) is 0 Å². The zero-order valence-corrected chi connectivity index (χ0v) is 6.26. The molecule has 0 aromatic heterocycles. The number of rotatable bonds is 6. The van der Waals surface area contributed by atoms with E-state index < -0.39 is 11.4 Å². The Bertz CT molecular complexity index is 99.3. The molecule has 0 aliphatic carbocycles. The van der Waals surface area contributed by atoms with Gasteiger partial charge in [0.15, 0.2) is 0 Å². The molecule has 0 radical (unpaired) electrons. The second kappa shape index (κ2) is 7.10. The molecule has 0 amide bonds. The minimum atomic E-state index is -2.43. The van der Waals surface area contributed by atoms with Crippen molar-refractivity contribution in [3.63, 3.8) is 0 Å². The van der Waals surface area contributed by atoms with Gasteiger partial charge in [0, 0.05) is 6.54 Å². The minimum absolute atomic E-state index is 0.0517. The van der Waals surface area contributed by atoms with Crippen LogP contribution in [-0.4, -0.2) is 35.1 Å². The van der Waals surface area contributed by atoms with Crippen LogP contribution in [0.5, 0.6) is 0 Å². The molecule has 2 N–H and O–H groups in total. The van der Waals surface area contributed by atoms with Gasteiger partial charge in [-0.25, -0.2) is 4.21 Å². The van der Waals surface area contributed by atoms with E-state index in [-0.39, 0.29) is 13.2 Å². The van der Waals surface area contributed by atoms with Gasteiger partial charge in [-0.2, -0.15) is 0 Å². The molecule has 5 nitrogen and oxygen atoms in total. The highest BCUT2D eigenvalue weighted by Gasteiger charge is 1.86. The van der Waals surface area contributed by atoms with Gasteiger partial charge in [0.05, 0.1) is 31.2 Å². The zero-order valence-electron chi connectivity index (χ0n) is 5.45. The maximum absolute atomic E-state index is 9.73. The molecular formula is C4H10NO4S-. The second-order valence-corrected chi connectivity index (χ2v) is 2.07. The molecule has 10 heavy (non-hydrogen) atoms. The molecule has 0 saturated heterocycles. The molecule has 0 rings (SSSR count). The zero-order chi connectivity index (χ0) is 7.82. The fourth-order valence-corrected chi connectivity index (χ4v) is 0.551. The van der Waals surface area contributed by atoms with Crippen molar-refractivity contribution in [2.45, 2.75) is 0 Å². The predicted molar refractivity (Wildman–Crippen MR) is 34.7 cm³/mol. The van der Waals surface area contributed by atoms with Gasteiger partial charge < -0.3 is 15.0 Å². The van der Waals surface area contributed by atoms with Gasteiger partial charge in [-0.3, -0.25) is 4.18 Å². The monoisotopic (exact) mass is 168 g/mol. The Labute approximate surface area is 62.0 Å². The summed E-state index contributed by atoms with van der Waals surface area (Å²) >= 11 is -2.43. The first kappa shape index (κ1) is 9.99. The maximum Gasteiger partial charge on any atom is 0.0862 e. The van der Waals surface area contributed by atoms with Gasteiger partial charge in [-0.1, -0.05) is 0 Å². The van der Waals surface area contributed by atoms with Crippen LogP contribution in [0.3, 0.4) is 0 Å². The first-order valence-corrected chi connectivity index (χ1v) is 3.77. The highest BCUT2D eigenvalue weighted by molar-refractivity contribution is 7.74. The average Bonchev–Trinajstić information content (AvgIpc) is 1.87. The third-order valence-corrected chi connectivity index (χ3v) is 1.03. The first-order valence-electron chi connectivity index (χ1n) is 2.77. The number of hydrogen-bond acceptors (Lipinski definition) is 5. The summed E-state index contributed by atoms with van der Waals surface area (Å²) in [6, 6.07) is 0. The second-order valence-electron chi connectivity index (χ2n) is 1.43. The quantitative estimate of drug-likeness (QED) is 0.396. The summed E-state index contributed by atoms with van der Waals surface area (Å²) in [4.78, 5) is 0. The van der Waals surface area contributed by atoms with Crippen LogP contribution in [0.4, 0.5) is 0 Å². The Kier molecular flexibility index (Phi) is 7.09. The fourth-order valence-electron chi connectivity index (χ4n) is 0.346. The van der Waals surface area contributed by atoms with Gasteiger partial charge >= 0.3 is 0 Å². The molecule has 1 unspecified atom stereocenters. The highest BCUT2D eigenvalue weighted by atomic mass is 32.2. The SMILES string of the molecule is NCCOCCOS(=O)[O-]. The molecule has 0 aromatic rings. The predicted octanol–water partition coefficient (Wildman–Crippen LogP) is -1.23. The molecule has 6 heteroatoms. The molecule has 0 heterocycles. The van der Waals surface area contributed by atoms with Crippen molar-refractivity contribution in [3.8, 4) is 0 Å². The fraction of sp³-hybridized carbons (Fsp3) is 1.00. The lowest BCUT2D eigenvalue weighted by atomic mass is 10.7. The highest BCUT2D eigenvalue weighted by Crippen LogP contribution is 1.79. The van der Waals surface area contributed by atoms with Crippen LogP contribution in [-0.2, 0) is 20.3 Å². The van der Waals surface area contributed by atoms with E-state index in [1.54, 1.807) is 0 Å². The van der Waals surface area contributed by atoms with E-state index in [0.717, 1.165) is 0 Å². The van der Waals surface area contributed by atoms with Crippen LogP contribution in [0.15, 0.2) is 0 Å². The van der Waals surface area contributed by atoms with Crippen molar-refractivity contribution >= 4 is 11.4 Å². The lowest BCUT2D eigenvalue weighted by Crippen LogP contribution is -2.12. The van der Waals surface area contributed by atoms with Gasteiger partial charge in [0.1, 0.15) is 0 Å². The lowest BCUT2D eigenvalue weighted by molar-refractivity contribution is 0.106. The summed E-state index contributed by atoms with van der Waals surface area (Å²) in [6.07, 6.45) is 0. The molecule has 0 aliphatic heterocycles. The van der Waals surface area contributed by atoms with Gasteiger partial charge in [0.25, 0.3) is 0 Å². The number of hydrogen-bond donors (Lipinski definition) is 1. The molecule has 1 atom stereocenters. The van der Waals surface area contributed by atoms with E-state index in [2.05, 4.69) is 4.18 Å². The van der Waals surface area contributed by atoms with Gasteiger partial charge in [-0.05, 0) is 0 Å². The number of ether oxygens (including phenoxy) is 1. The minimum Gasteiger partial charge on any atom is -0.750 e. The normalized spacial score (nSPS) is 13.4. The Balaban J connectivity index is 2.84. The summed E-state index contributed by atoms with van der Waals surface area (Å²) in [5.74, 6) is 0. The van der Waals surface area contributed by atoms with Crippen molar-refractivity contribution < 1.29 is 17.7 Å². The first-order chi connectivity index (χ1) is 4.77. The smallest absolute Gasteiger partial charge is 0.0862 e. The van der Waals surface area contributed by atoms with Crippen LogP contribution in [0, 0.1) is 0 Å². The molecule has 0 fully saturated rings. The van der Waals surface area contributed by atoms with Crippen molar-refractivity contribution in [1.29, 1.82) is 0 Å². The van der Waals surface area contributed by atoms with Crippen LogP contribution >= 0.6 is 0 Å². The Morgan fingerprint density at radius 3 is 2.60 bits per heavy atom. The summed E-state index contributed by atoms with van der Waals surface area (Å²) in [6.45, 7) is 1.16. The molecule has 0 saturated carbocycles. The van der Waals surface area contributed by atoms with Crippen LogP contribution in [0.1, 0.15) is 0 Å². The van der Waals surface area contributed by atoms with Crippen LogP contribution in [0.2, 0.25) is 0 Å². The van der Waals surface area contributed by atoms with Crippen molar-refractivity contribution in [1.82, 2.24) is 0 Å². The third-order valence-electron chi connectivity index (χ3n) is 0.669. The van der Waals surface area contributed by atoms with Crippen molar-refractivity contribution in [2.24, 2.45) is 5.73 Å². The molecule has 62 valence electrons.